The van der Waals surface area contributed by atoms with Crippen LogP contribution in [0.3, 0.4) is 0 Å². The molecule has 2 heterocycles. The summed E-state index contributed by atoms with van der Waals surface area (Å²) < 4.78 is 0. The second-order valence-corrected chi connectivity index (χ2v) is 9.04. The Morgan fingerprint density at radius 2 is 1.75 bits per heavy atom. The molecule has 2 amide bonds. The first-order valence-electron chi connectivity index (χ1n) is 10.5. The Morgan fingerprint density at radius 3 is 2.44 bits per heavy atom. The van der Waals surface area contributed by atoms with E-state index in [4.69, 9.17) is 10.7 Å². The summed E-state index contributed by atoms with van der Waals surface area (Å²) in [4.78, 5) is 17.2. The van der Waals surface area contributed by atoms with Gasteiger partial charge in [-0.2, -0.15) is 5.10 Å². The molecule has 0 radical (unpaired) electrons. The van der Waals surface area contributed by atoms with Gasteiger partial charge in [-0.15, -0.1) is 0 Å². The molecule has 7 nitrogen and oxygen atoms in total. The van der Waals surface area contributed by atoms with Crippen molar-refractivity contribution in [2.24, 2.45) is 0 Å². The molecule has 4 aromatic rings. The SMILES string of the molecule is Cc1cccc(NC(=O)Nc2ccc(-c3cc(C(C)(C)C)nc4[nH]nc(N)c34)cc2)c1C. The molecule has 2 aromatic carbocycles. The zero-order valence-electron chi connectivity index (χ0n) is 19.0. The third-order valence-corrected chi connectivity index (χ3v) is 5.63. The highest BCUT2D eigenvalue weighted by Crippen LogP contribution is 2.34. The van der Waals surface area contributed by atoms with Crippen LogP contribution in [0.4, 0.5) is 22.0 Å². The van der Waals surface area contributed by atoms with Gasteiger partial charge in [0.05, 0.1) is 5.39 Å². The van der Waals surface area contributed by atoms with E-state index in [1.54, 1.807) is 0 Å². The van der Waals surface area contributed by atoms with E-state index in [1.165, 1.54) is 0 Å². The first-order chi connectivity index (χ1) is 15.1. The molecule has 0 aliphatic rings. The average molecular weight is 429 g/mol. The molecule has 0 saturated heterocycles. The number of anilines is 3. The van der Waals surface area contributed by atoms with Crippen molar-refractivity contribution in [3.05, 3.63) is 65.4 Å². The van der Waals surface area contributed by atoms with Crippen LogP contribution in [0.1, 0.15) is 37.6 Å². The molecule has 4 rings (SSSR count). The van der Waals surface area contributed by atoms with Crippen LogP contribution >= 0.6 is 0 Å². The number of hydrogen-bond donors (Lipinski definition) is 4. The average Bonchev–Trinajstić information content (AvgIpc) is 3.12. The maximum absolute atomic E-state index is 12.5. The number of benzene rings is 2. The molecule has 0 atom stereocenters. The lowest BCUT2D eigenvalue weighted by molar-refractivity contribution is 0.262. The number of fused-ring (bicyclic) bond motifs is 1. The van der Waals surface area contributed by atoms with Gasteiger partial charge in [0, 0.05) is 22.5 Å². The summed E-state index contributed by atoms with van der Waals surface area (Å²) in [5, 5.41) is 13.7. The number of H-pyrrole nitrogens is 1. The number of hydrogen-bond acceptors (Lipinski definition) is 4. The van der Waals surface area contributed by atoms with Gasteiger partial charge in [-0.3, -0.25) is 5.10 Å². The second-order valence-electron chi connectivity index (χ2n) is 9.04. The van der Waals surface area contributed by atoms with Crippen LogP contribution in [0.15, 0.2) is 48.5 Å². The molecular formula is C25H28N6O. The number of nitrogens with two attached hydrogens (primary N) is 1. The summed E-state index contributed by atoms with van der Waals surface area (Å²) in [6, 6.07) is 15.3. The first kappa shape index (κ1) is 21.4. The fraction of sp³-hybridized carbons (Fsp3) is 0.240. The summed E-state index contributed by atoms with van der Waals surface area (Å²) in [5.74, 6) is 0.415. The van der Waals surface area contributed by atoms with Crippen LogP contribution in [0.25, 0.3) is 22.2 Å². The van der Waals surface area contributed by atoms with Crippen molar-refractivity contribution in [1.29, 1.82) is 0 Å². The Hall–Kier alpha value is -3.87. The summed E-state index contributed by atoms with van der Waals surface area (Å²) in [6.07, 6.45) is 0. The number of rotatable bonds is 3. The van der Waals surface area contributed by atoms with Crippen molar-refractivity contribution in [1.82, 2.24) is 15.2 Å². The Morgan fingerprint density at radius 1 is 1.03 bits per heavy atom. The van der Waals surface area contributed by atoms with Gasteiger partial charge in [0.25, 0.3) is 0 Å². The predicted octanol–water partition coefficient (Wildman–Crippen LogP) is 5.77. The van der Waals surface area contributed by atoms with Gasteiger partial charge in [0.15, 0.2) is 11.5 Å². The molecule has 0 fully saturated rings. The third-order valence-electron chi connectivity index (χ3n) is 5.63. The predicted molar refractivity (Wildman–Crippen MR) is 131 cm³/mol. The van der Waals surface area contributed by atoms with E-state index in [9.17, 15) is 4.79 Å². The van der Waals surface area contributed by atoms with E-state index in [1.807, 2.05) is 56.3 Å². The molecule has 0 unspecified atom stereocenters. The lowest BCUT2D eigenvalue weighted by Crippen LogP contribution is -2.20. The molecule has 0 bridgehead atoms. The summed E-state index contributed by atoms with van der Waals surface area (Å²) in [6.45, 7) is 10.4. The number of aromatic nitrogens is 3. The molecule has 32 heavy (non-hydrogen) atoms. The minimum absolute atomic E-state index is 0.129. The maximum atomic E-state index is 12.5. The van der Waals surface area contributed by atoms with Crippen molar-refractivity contribution in [3.63, 3.8) is 0 Å². The molecule has 164 valence electrons. The highest BCUT2D eigenvalue weighted by molar-refractivity contribution is 6.02. The third kappa shape index (κ3) is 4.14. The van der Waals surface area contributed by atoms with Gasteiger partial charge >= 0.3 is 6.03 Å². The Balaban J connectivity index is 1.60. The summed E-state index contributed by atoms with van der Waals surface area (Å²) >= 11 is 0. The molecule has 2 aromatic heterocycles. The van der Waals surface area contributed by atoms with Crippen LogP contribution in [-0.2, 0) is 5.41 Å². The highest BCUT2D eigenvalue weighted by atomic mass is 16.2. The van der Waals surface area contributed by atoms with E-state index in [2.05, 4.69) is 47.7 Å². The smallest absolute Gasteiger partial charge is 0.323 e. The standard InChI is InChI=1S/C25H28N6O/c1-14-7-6-8-19(15(14)2)28-24(32)27-17-11-9-16(10-12-17)18-13-20(25(3,4)5)29-23-21(18)22(26)30-31-23/h6-13H,1-5H3,(H2,27,28,32)(H3,26,29,30,31). The lowest BCUT2D eigenvalue weighted by atomic mass is 9.89. The Bertz CT molecular complexity index is 1300. The largest absolute Gasteiger partial charge is 0.382 e. The maximum Gasteiger partial charge on any atom is 0.323 e. The zero-order valence-corrected chi connectivity index (χ0v) is 19.0. The number of aryl methyl sites for hydroxylation is 1. The first-order valence-corrected chi connectivity index (χ1v) is 10.5. The van der Waals surface area contributed by atoms with Crippen molar-refractivity contribution in [2.75, 3.05) is 16.4 Å². The van der Waals surface area contributed by atoms with Crippen LogP contribution in [0.2, 0.25) is 0 Å². The van der Waals surface area contributed by atoms with E-state index in [0.29, 0.717) is 17.2 Å². The fourth-order valence-corrected chi connectivity index (χ4v) is 3.57. The molecule has 0 aliphatic heterocycles. The van der Waals surface area contributed by atoms with Crippen molar-refractivity contribution in [2.45, 2.75) is 40.0 Å². The molecule has 0 saturated carbocycles. The zero-order chi connectivity index (χ0) is 23.0. The van der Waals surface area contributed by atoms with Gasteiger partial charge in [0.1, 0.15) is 0 Å². The van der Waals surface area contributed by atoms with Gasteiger partial charge in [-0.05, 0) is 60.4 Å². The van der Waals surface area contributed by atoms with Crippen molar-refractivity contribution in [3.8, 4) is 11.1 Å². The van der Waals surface area contributed by atoms with E-state index >= 15 is 0 Å². The highest BCUT2D eigenvalue weighted by Gasteiger charge is 2.21. The topological polar surface area (TPSA) is 109 Å². The Labute approximate surface area is 187 Å². The minimum Gasteiger partial charge on any atom is -0.382 e. The fourth-order valence-electron chi connectivity index (χ4n) is 3.57. The molecule has 0 spiro atoms. The number of nitrogens with one attached hydrogen (secondary N) is 3. The summed E-state index contributed by atoms with van der Waals surface area (Å²) in [7, 11) is 0. The van der Waals surface area contributed by atoms with Crippen molar-refractivity contribution < 1.29 is 4.79 Å². The quantitative estimate of drug-likeness (QED) is 0.332. The summed E-state index contributed by atoms with van der Waals surface area (Å²) in [5.41, 5.74) is 13.2. The van der Waals surface area contributed by atoms with Crippen LogP contribution < -0.4 is 16.4 Å². The molecular weight excluding hydrogens is 400 g/mol. The Kier molecular flexibility index (Phi) is 5.34. The number of pyridine rings is 1. The number of urea groups is 1. The number of nitrogens with zero attached hydrogens (tertiary/aromatic N) is 2. The van der Waals surface area contributed by atoms with Crippen LogP contribution in [0, 0.1) is 13.8 Å². The normalized spacial score (nSPS) is 11.5. The second kappa shape index (κ2) is 8.00. The van der Waals surface area contributed by atoms with E-state index in [0.717, 1.165) is 39.0 Å². The van der Waals surface area contributed by atoms with Gasteiger partial charge < -0.3 is 16.4 Å². The van der Waals surface area contributed by atoms with Gasteiger partial charge in [-0.1, -0.05) is 45.0 Å². The molecule has 7 heteroatoms. The molecule has 5 N–H and O–H groups in total. The van der Waals surface area contributed by atoms with Crippen LogP contribution in [0.5, 0.6) is 0 Å². The lowest BCUT2D eigenvalue weighted by Gasteiger charge is -2.19. The van der Waals surface area contributed by atoms with Crippen LogP contribution in [-0.4, -0.2) is 21.2 Å². The number of aromatic amines is 1. The number of nitrogen functional groups attached to an aromatic ring is 1. The van der Waals surface area contributed by atoms with Gasteiger partial charge in [-0.25, -0.2) is 9.78 Å². The van der Waals surface area contributed by atoms with Gasteiger partial charge in [0.2, 0.25) is 0 Å². The molecule has 0 aliphatic carbocycles. The minimum atomic E-state index is -0.285. The van der Waals surface area contributed by atoms with E-state index < -0.39 is 0 Å². The van der Waals surface area contributed by atoms with E-state index in [-0.39, 0.29) is 11.4 Å². The number of amides is 2. The number of carbonyl (C=O) groups excluding carboxylic acids is 1. The monoisotopic (exact) mass is 428 g/mol. The van der Waals surface area contributed by atoms with Crippen molar-refractivity contribution >= 4 is 34.3 Å². The number of carbonyl (C=O) groups is 1.